The third-order valence-corrected chi connectivity index (χ3v) is 4.36. The first-order valence-electron chi connectivity index (χ1n) is 8.25. The van der Waals surface area contributed by atoms with Crippen LogP contribution in [0.25, 0.3) is 11.3 Å². The molecule has 4 heteroatoms. The van der Waals surface area contributed by atoms with Crippen LogP contribution in [0, 0.1) is 5.41 Å². The molecule has 4 nitrogen and oxygen atoms in total. The first-order chi connectivity index (χ1) is 10.9. The van der Waals surface area contributed by atoms with Crippen molar-refractivity contribution in [1.29, 1.82) is 0 Å². The van der Waals surface area contributed by atoms with E-state index in [-0.39, 0.29) is 11.3 Å². The first kappa shape index (κ1) is 15.8. The Morgan fingerprint density at radius 2 is 1.83 bits per heavy atom. The third-order valence-electron chi connectivity index (χ3n) is 4.36. The van der Waals surface area contributed by atoms with Gasteiger partial charge >= 0.3 is 0 Å². The van der Waals surface area contributed by atoms with Crippen molar-refractivity contribution in [3.05, 3.63) is 42.5 Å². The maximum Gasteiger partial charge on any atom is 0.227 e. The minimum absolute atomic E-state index is 0.230. The predicted octanol–water partition coefficient (Wildman–Crippen LogP) is 4.09. The number of benzene rings is 1. The second-order valence-electron chi connectivity index (χ2n) is 7.25. The monoisotopic (exact) mass is 312 g/mol. The van der Waals surface area contributed by atoms with E-state index >= 15 is 0 Å². The van der Waals surface area contributed by atoms with Gasteiger partial charge in [-0.1, -0.05) is 51.1 Å². The largest absolute Gasteiger partial charge is 0.448 e. The molecule has 0 saturated carbocycles. The number of aromatic nitrogens is 1. The lowest BCUT2D eigenvalue weighted by atomic mass is 9.91. The second-order valence-corrected chi connectivity index (χ2v) is 7.25. The molecular weight excluding hydrogens is 288 g/mol. The summed E-state index contributed by atoms with van der Waals surface area (Å²) >= 11 is 0. The lowest BCUT2D eigenvalue weighted by molar-refractivity contribution is -0.140. The normalized spacial score (nSPS) is 16.6. The molecule has 122 valence electrons. The fourth-order valence-electron chi connectivity index (χ4n) is 3.02. The Hall–Kier alpha value is -2.10. The molecule has 0 unspecified atom stereocenters. The van der Waals surface area contributed by atoms with Crippen molar-refractivity contribution < 1.29 is 9.21 Å². The van der Waals surface area contributed by atoms with Gasteiger partial charge in [-0.25, -0.2) is 4.98 Å². The van der Waals surface area contributed by atoms with Gasteiger partial charge in [0.25, 0.3) is 0 Å². The summed E-state index contributed by atoms with van der Waals surface area (Å²) in [5.41, 5.74) is 1.65. The van der Waals surface area contributed by atoms with Crippen molar-refractivity contribution in [3.63, 3.8) is 0 Å². The van der Waals surface area contributed by atoms with E-state index in [1.807, 2.05) is 56.0 Å². The maximum atomic E-state index is 12.3. The summed E-state index contributed by atoms with van der Waals surface area (Å²) in [4.78, 5) is 19.0. The number of nitrogens with zero attached hydrogens (tertiary/aromatic N) is 2. The molecule has 0 spiro atoms. The van der Waals surface area contributed by atoms with Gasteiger partial charge in [0, 0.05) is 30.0 Å². The standard InChI is InChI=1S/C19H24N2O2/c1-19(2,3)18(22)21-11-9-15(10-12-21)17-20-16(13-23-17)14-7-5-4-6-8-14/h4-8,13,15H,9-12H2,1-3H3. The van der Waals surface area contributed by atoms with Crippen LogP contribution in [0.3, 0.4) is 0 Å². The van der Waals surface area contributed by atoms with Crippen molar-refractivity contribution in [2.75, 3.05) is 13.1 Å². The fourth-order valence-corrected chi connectivity index (χ4v) is 3.02. The van der Waals surface area contributed by atoms with Crippen LogP contribution in [0.5, 0.6) is 0 Å². The van der Waals surface area contributed by atoms with E-state index in [1.54, 1.807) is 6.26 Å². The highest BCUT2D eigenvalue weighted by Gasteiger charge is 2.32. The molecule has 0 aliphatic carbocycles. The van der Waals surface area contributed by atoms with Gasteiger partial charge in [0.2, 0.25) is 5.91 Å². The Labute approximate surface area is 137 Å². The molecular formula is C19H24N2O2. The Bertz CT molecular complexity index is 662. The highest BCUT2D eigenvalue weighted by atomic mass is 16.3. The van der Waals surface area contributed by atoms with E-state index < -0.39 is 0 Å². The summed E-state index contributed by atoms with van der Waals surface area (Å²) < 4.78 is 5.71. The molecule has 1 aliphatic rings. The van der Waals surface area contributed by atoms with Gasteiger partial charge in [-0.15, -0.1) is 0 Å². The van der Waals surface area contributed by atoms with Crippen molar-refractivity contribution in [2.45, 2.75) is 39.5 Å². The highest BCUT2D eigenvalue weighted by molar-refractivity contribution is 5.81. The minimum atomic E-state index is -0.309. The quantitative estimate of drug-likeness (QED) is 0.839. The van der Waals surface area contributed by atoms with Crippen LogP contribution in [0.4, 0.5) is 0 Å². The predicted molar refractivity (Wildman–Crippen MR) is 89.9 cm³/mol. The molecule has 1 aromatic carbocycles. The van der Waals surface area contributed by atoms with E-state index in [2.05, 4.69) is 4.98 Å². The minimum Gasteiger partial charge on any atom is -0.448 e. The van der Waals surface area contributed by atoms with Gasteiger partial charge in [0.05, 0.1) is 0 Å². The topological polar surface area (TPSA) is 46.3 Å². The number of oxazole rings is 1. The molecule has 2 aromatic rings. The average molecular weight is 312 g/mol. The molecule has 0 radical (unpaired) electrons. The molecule has 0 atom stereocenters. The van der Waals surface area contributed by atoms with Gasteiger partial charge in [-0.3, -0.25) is 4.79 Å². The van der Waals surface area contributed by atoms with E-state index in [1.165, 1.54) is 0 Å². The van der Waals surface area contributed by atoms with E-state index in [9.17, 15) is 4.79 Å². The zero-order valence-electron chi connectivity index (χ0n) is 14.1. The molecule has 0 N–H and O–H groups in total. The van der Waals surface area contributed by atoms with Crippen molar-refractivity contribution in [1.82, 2.24) is 9.88 Å². The van der Waals surface area contributed by atoms with Crippen LogP contribution in [-0.4, -0.2) is 28.9 Å². The van der Waals surface area contributed by atoms with Gasteiger partial charge in [-0.05, 0) is 12.8 Å². The zero-order chi connectivity index (χ0) is 16.4. The number of amides is 1. The van der Waals surface area contributed by atoms with E-state index in [0.29, 0.717) is 5.92 Å². The summed E-state index contributed by atoms with van der Waals surface area (Å²) in [6, 6.07) is 10.1. The summed E-state index contributed by atoms with van der Waals surface area (Å²) in [7, 11) is 0. The summed E-state index contributed by atoms with van der Waals surface area (Å²) in [6.07, 6.45) is 3.56. The Morgan fingerprint density at radius 1 is 1.17 bits per heavy atom. The summed E-state index contributed by atoms with van der Waals surface area (Å²) in [5, 5.41) is 0. The Morgan fingerprint density at radius 3 is 2.43 bits per heavy atom. The van der Waals surface area contributed by atoms with Gasteiger partial charge in [0.1, 0.15) is 12.0 Å². The van der Waals surface area contributed by atoms with Crippen molar-refractivity contribution in [3.8, 4) is 11.3 Å². The highest BCUT2D eigenvalue weighted by Crippen LogP contribution is 2.31. The molecule has 0 bridgehead atoms. The summed E-state index contributed by atoms with van der Waals surface area (Å²) in [5.74, 6) is 1.33. The Kier molecular flexibility index (Phi) is 4.24. The maximum absolute atomic E-state index is 12.3. The van der Waals surface area contributed by atoms with Crippen molar-refractivity contribution >= 4 is 5.91 Å². The van der Waals surface area contributed by atoms with Gasteiger partial charge in [-0.2, -0.15) is 0 Å². The van der Waals surface area contributed by atoms with Gasteiger partial charge < -0.3 is 9.32 Å². The number of carbonyl (C=O) groups is 1. The molecule has 23 heavy (non-hydrogen) atoms. The summed E-state index contributed by atoms with van der Waals surface area (Å²) in [6.45, 7) is 7.48. The first-order valence-corrected chi connectivity index (χ1v) is 8.25. The number of likely N-dealkylation sites (tertiary alicyclic amines) is 1. The van der Waals surface area contributed by atoms with Gasteiger partial charge in [0.15, 0.2) is 5.89 Å². The zero-order valence-corrected chi connectivity index (χ0v) is 14.1. The van der Waals surface area contributed by atoms with Crippen LogP contribution in [0.2, 0.25) is 0 Å². The van der Waals surface area contributed by atoms with Crippen LogP contribution in [0.1, 0.15) is 45.4 Å². The lowest BCUT2D eigenvalue weighted by Gasteiger charge is -2.34. The van der Waals surface area contributed by atoms with Crippen LogP contribution in [-0.2, 0) is 4.79 Å². The van der Waals surface area contributed by atoms with Crippen LogP contribution < -0.4 is 0 Å². The lowest BCUT2D eigenvalue weighted by Crippen LogP contribution is -2.43. The molecule has 2 heterocycles. The average Bonchev–Trinajstić information content (AvgIpc) is 3.04. The molecule has 1 aliphatic heterocycles. The molecule has 3 rings (SSSR count). The van der Waals surface area contributed by atoms with E-state index in [0.717, 1.165) is 43.1 Å². The van der Waals surface area contributed by atoms with Crippen LogP contribution >= 0.6 is 0 Å². The second kappa shape index (κ2) is 6.19. The van der Waals surface area contributed by atoms with Crippen molar-refractivity contribution in [2.24, 2.45) is 5.41 Å². The molecule has 1 aromatic heterocycles. The number of hydrogen-bond acceptors (Lipinski definition) is 3. The molecule has 1 saturated heterocycles. The smallest absolute Gasteiger partial charge is 0.227 e. The fraction of sp³-hybridized carbons (Fsp3) is 0.474. The number of hydrogen-bond donors (Lipinski definition) is 0. The number of carbonyl (C=O) groups excluding carboxylic acids is 1. The third kappa shape index (κ3) is 3.46. The van der Waals surface area contributed by atoms with Crippen LogP contribution in [0.15, 0.2) is 41.0 Å². The number of piperidine rings is 1. The molecule has 1 fully saturated rings. The molecule has 1 amide bonds. The Balaban J connectivity index is 1.65. The number of rotatable bonds is 2. The SMILES string of the molecule is CC(C)(C)C(=O)N1CCC(c2nc(-c3ccccc3)co2)CC1. The van der Waals surface area contributed by atoms with E-state index in [4.69, 9.17) is 4.42 Å².